The molecule has 3 amide bonds. The Bertz CT molecular complexity index is 331. The molecule has 0 aliphatic rings. The van der Waals surface area contributed by atoms with E-state index in [1.807, 2.05) is 13.8 Å². The summed E-state index contributed by atoms with van der Waals surface area (Å²) in [6.07, 6.45) is 0.274. The normalized spacial score (nSPS) is 13.5. The van der Waals surface area contributed by atoms with Gasteiger partial charge in [-0.2, -0.15) is 0 Å². The van der Waals surface area contributed by atoms with E-state index >= 15 is 0 Å². The Labute approximate surface area is 113 Å². The topological polar surface area (TPSA) is 108 Å². The molecule has 0 radical (unpaired) electrons. The lowest BCUT2D eigenvalue weighted by atomic mass is 10.2. The Morgan fingerprint density at radius 2 is 1.68 bits per heavy atom. The van der Waals surface area contributed by atoms with Crippen LogP contribution >= 0.6 is 0 Å². The van der Waals surface area contributed by atoms with Gasteiger partial charge >= 0.3 is 12.0 Å². The second-order valence-electron chi connectivity index (χ2n) is 4.78. The Morgan fingerprint density at radius 1 is 1.11 bits per heavy atom. The van der Waals surface area contributed by atoms with Crippen molar-refractivity contribution >= 4 is 17.9 Å². The summed E-state index contributed by atoms with van der Waals surface area (Å²) in [7, 11) is 0. The average Bonchev–Trinajstić information content (AvgIpc) is 2.32. The molecule has 0 bridgehead atoms. The number of aliphatic carboxylic acids is 1. The molecule has 7 nitrogen and oxygen atoms in total. The number of urea groups is 1. The Balaban J connectivity index is 4.17. The molecule has 0 aromatic carbocycles. The molecule has 0 saturated carbocycles. The fraction of sp³-hybridized carbons (Fsp3) is 0.750. The number of hydrogen-bond donors (Lipinski definition) is 4. The Kier molecular flexibility index (Phi) is 7.55. The Morgan fingerprint density at radius 3 is 2.11 bits per heavy atom. The van der Waals surface area contributed by atoms with Gasteiger partial charge in [0.1, 0.15) is 12.1 Å². The van der Waals surface area contributed by atoms with Crippen molar-refractivity contribution in [3.05, 3.63) is 0 Å². The number of carbonyl (C=O) groups excluding carboxylic acids is 2. The van der Waals surface area contributed by atoms with Crippen LogP contribution in [-0.2, 0) is 9.59 Å². The number of carboxylic acid groups (broad SMARTS) is 1. The van der Waals surface area contributed by atoms with E-state index in [2.05, 4.69) is 16.0 Å². The van der Waals surface area contributed by atoms with Gasteiger partial charge in [0.25, 0.3) is 0 Å². The first kappa shape index (κ1) is 17.2. The summed E-state index contributed by atoms with van der Waals surface area (Å²) in [4.78, 5) is 33.8. The van der Waals surface area contributed by atoms with E-state index in [-0.39, 0.29) is 12.3 Å². The predicted octanol–water partition coefficient (Wildman–Crippen LogP) is 0.310. The van der Waals surface area contributed by atoms with Crippen LogP contribution in [0.2, 0.25) is 0 Å². The zero-order valence-corrected chi connectivity index (χ0v) is 11.8. The third kappa shape index (κ3) is 7.28. The molecule has 0 spiro atoms. The van der Waals surface area contributed by atoms with Crippen molar-refractivity contribution in [3.8, 4) is 0 Å². The molecular weight excluding hydrogens is 250 g/mol. The first-order valence-corrected chi connectivity index (χ1v) is 6.35. The number of nitrogens with one attached hydrogen (secondary N) is 3. The molecule has 7 heteroatoms. The molecule has 0 fully saturated rings. The molecule has 0 heterocycles. The van der Waals surface area contributed by atoms with Gasteiger partial charge in [0, 0.05) is 6.54 Å². The van der Waals surface area contributed by atoms with Gasteiger partial charge in [-0.1, -0.05) is 20.8 Å². The van der Waals surface area contributed by atoms with Crippen molar-refractivity contribution in [1.82, 2.24) is 16.0 Å². The van der Waals surface area contributed by atoms with E-state index in [1.165, 1.54) is 6.92 Å². The smallest absolute Gasteiger partial charge is 0.326 e. The van der Waals surface area contributed by atoms with Crippen LogP contribution in [0.1, 0.15) is 34.1 Å². The highest BCUT2D eigenvalue weighted by molar-refractivity contribution is 5.88. The molecule has 0 aliphatic carbocycles. The van der Waals surface area contributed by atoms with E-state index in [0.717, 1.165) is 0 Å². The van der Waals surface area contributed by atoms with Gasteiger partial charge in [-0.05, 0) is 19.3 Å². The molecule has 0 aromatic heterocycles. The Hall–Kier alpha value is -1.79. The minimum Gasteiger partial charge on any atom is -0.480 e. The number of rotatable bonds is 7. The summed E-state index contributed by atoms with van der Waals surface area (Å²) < 4.78 is 0. The van der Waals surface area contributed by atoms with Crippen molar-refractivity contribution in [3.63, 3.8) is 0 Å². The summed E-state index contributed by atoms with van der Waals surface area (Å²) >= 11 is 0. The lowest BCUT2D eigenvalue weighted by Crippen LogP contribution is -2.52. The van der Waals surface area contributed by atoms with Crippen molar-refractivity contribution in [1.29, 1.82) is 0 Å². The van der Waals surface area contributed by atoms with Crippen molar-refractivity contribution in [2.45, 2.75) is 46.2 Å². The third-order valence-corrected chi connectivity index (χ3v) is 2.44. The zero-order chi connectivity index (χ0) is 15.0. The van der Waals surface area contributed by atoms with E-state index in [1.54, 1.807) is 6.92 Å². The van der Waals surface area contributed by atoms with Crippen LogP contribution in [-0.4, -0.2) is 41.6 Å². The van der Waals surface area contributed by atoms with Gasteiger partial charge in [-0.25, -0.2) is 9.59 Å². The molecule has 19 heavy (non-hydrogen) atoms. The van der Waals surface area contributed by atoms with Crippen LogP contribution < -0.4 is 16.0 Å². The molecule has 1 unspecified atom stereocenters. The molecule has 0 aromatic rings. The van der Waals surface area contributed by atoms with Crippen LogP contribution in [0.3, 0.4) is 0 Å². The minimum absolute atomic E-state index is 0.274. The van der Waals surface area contributed by atoms with Crippen LogP contribution in [0.25, 0.3) is 0 Å². The number of carboxylic acids is 1. The van der Waals surface area contributed by atoms with E-state index in [4.69, 9.17) is 5.11 Å². The quantitative estimate of drug-likeness (QED) is 0.535. The van der Waals surface area contributed by atoms with E-state index in [9.17, 15) is 14.4 Å². The summed E-state index contributed by atoms with van der Waals surface area (Å²) in [5.74, 6) is -1.08. The van der Waals surface area contributed by atoms with Gasteiger partial charge in [-0.15, -0.1) is 0 Å². The minimum atomic E-state index is -1.10. The standard InChI is InChI=1S/C12H23N3O4/c1-5-9(11(17)18)15-12(19)14-8(4)10(16)13-6-7(2)3/h7-9H,5-6H2,1-4H3,(H,13,16)(H,17,18)(H2,14,15,19)/t8?,9-/m0/s1. The molecule has 4 N–H and O–H groups in total. The van der Waals surface area contributed by atoms with E-state index < -0.39 is 24.1 Å². The second kappa shape index (κ2) is 8.34. The summed E-state index contributed by atoms with van der Waals surface area (Å²) in [5, 5.41) is 16.2. The first-order valence-electron chi connectivity index (χ1n) is 6.35. The maximum Gasteiger partial charge on any atom is 0.326 e. The maximum atomic E-state index is 11.6. The van der Waals surface area contributed by atoms with Crippen molar-refractivity contribution in [2.24, 2.45) is 5.92 Å². The lowest BCUT2D eigenvalue weighted by molar-refractivity contribution is -0.139. The van der Waals surface area contributed by atoms with Gasteiger partial charge in [0.2, 0.25) is 5.91 Å². The van der Waals surface area contributed by atoms with Crippen LogP contribution in [0.4, 0.5) is 4.79 Å². The SMILES string of the molecule is CC[C@H](NC(=O)NC(C)C(=O)NCC(C)C)C(=O)O. The molecule has 0 aliphatic heterocycles. The number of carbonyl (C=O) groups is 3. The van der Waals surface area contributed by atoms with Crippen molar-refractivity contribution in [2.75, 3.05) is 6.54 Å². The van der Waals surface area contributed by atoms with Crippen LogP contribution in [0.15, 0.2) is 0 Å². The first-order chi connectivity index (χ1) is 8.77. The molecular formula is C12H23N3O4. The monoisotopic (exact) mass is 273 g/mol. The average molecular weight is 273 g/mol. The van der Waals surface area contributed by atoms with Crippen LogP contribution in [0.5, 0.6) is 0 Å². The van der Waals surface area contributed by atoms with Gasteiger partial charge in [0.15, 0.2) is 0 Å². The molecule has 110 valence electrons. The van der Waals surface area contributed by atoms with Crippen molar-refractivity contribution < 1.29 is 19.5 Å². The third-order valence-electron chi connectivity index (χ3n) is 2.44. The van der Waals surface area contributed by atoms with Gasteiger partial charge in [0.05, 0.1) is 0 Å². The predicted molar refractivity (Wildman–Crippen MR) is 70.7 cm³/mol. The highest BCUT2D eigenvalue weighted by atomic mass is 16.4. The molecule has 2 atom stereocenters. The van der Waals surface area contributed by atoms with E-state index in [0.29, 0.717) is 12.5 Å². The van der Waals surface area contributed by atoms with Crippen LogP contribution in [0, 0.1) is 5.92 Å². The lowest BCUT2D eigenvalue weighted by Gasteiger charge is -2.17. The highest BCUT2D eigenvalue weighted by Gasteiger charge is 2.20. The molecule has 0 rings (SSSR count). The largest absolute Gasteiger partial charge is 0.480 e. The maximum absolute atomic E-state index is 11.6. The fourth-order valence-corrected chi connectivity index (χ4v) is 1.26. The van der Waals surface area contributed by atoms with Gasteiger partial charge in [-0.3, -0.25) is 4.79 Å². The number of hydrogen-bond acceptors (Lipinski definition) is 3. The summed E-state index contributed by atoms with van der Waals surface area (Å²) in [6, 6.07) is -2.34. The fourth-order valence-electron chi connectivity index (χ4n) is 1.26. The summed E-state index contributed by atoms with van der Waals surface area (Å²) in [5.41, 5.74) is 0. The summed E-state index contributed by atoms with van der Waals surface area (Å²) in [6.45, 7) is 7.64. The number of amides is 3. The van der Waals surface area contributed by atoms with Gasteiger partial charge < -0.3 is 21.1 Å². The highest BCUT2D eigenvalue weighted by Crippen LogP contribution is 1.92. The second-order valence-corrected chi connectivity index (χ2v) is 4.78. The zero-order valence-electron chi connectivity index (χ0n) is 11.8. The molecule has 0 saturated heterocycles.